The number of fused-ring (bicyclic) bond motifs is 1. The first-order chi connectivity index (χ1) is 9.58. The minimum atomic E-state index is 0.347. The maximum absolute atomic E-state index is 5.83. The second kappa shape index (κ2) is 4.68. The van der Waals surface area contributed by atoms with E-state index >= 15 is 0 Å². The Bertz CT molecular complexity index is 806. The summed E-state index contributed by atoms with van der Waals surface area (Å²) in [6.07, 6.45) is 0. The standard InChI is InChI=1S/C15H14N4S/c1-9-8-10(2)19-15(12(9)13(16)20)17-14(18-19)11-6-4-3-5-7-11/h3-8H,1-2H3,(H2,16,20). The zero-order chi connectivity index (χ0) is 14.3. The molecule has 2 N–H and O–H groups in total. The molecule has 2 heterocycles. The van der Waals surface area contributed by atoms with E-state index in [1.165, 1.54) is 0 Å². The van der Waals surface area contributed by atoms with Crippen molar-refractivity contribution in [1.82, 2.24) is 14.6 Å². The van der Waals surface area contributed by atoms with E-state index in [0.717, 1.165) is 22.4 Å². The number of aryl methyl sites for hydroxylation is 2. The van der Waals surface area contributed by atoms with Gasteiger partial charge in [-0.1, -0.05) is 42.5 Å². The zero-order valence-electron chi connectivity index (χ0n) is 11.3. The summed E-state index contributed by atoms with van der Waals surface area (Å²) in [6.45, 7) is 3.98. The van der Waals surface area contributed by atoms with Crippen molar-refractivity contribution in [2.75, 3.05) is 0 Å². The topological polar surface area (TPSA) is 56.2 Å². The summed E-state index contributed by atoms with van der Waals surface area (Å²) < 4.78 is 1.80. The fourth-order valence-corrected chi connectivity index (χ4v) is 2.61. The van der Waals surface area contributed by atoms with Gasteiger partial charge in [0.25, 0.3) is 0 Å². The lowest BCUT2D eigenvalue weighted by molar-refractivity contribution is 0.913. The first kappa shape index (κ1) is 12.7. The first-order valence-corrected chi connectivity index (χ1v) is 6.71. The molecule has 5 heteroatoms. The van der Waals surface area contributed by atoms with Crippen molar-refractivity contribution in [3.8, 4) is 11.4 Å². The number of rotatable bonds is 2. The van der Waals surface area contributed by atoms with Gasteiger partial charge < -0.3 is 5.73 Å². The lowest BCUT2D eigenvalue weighted by Crippen LogP contribution is -2.14. The zero-order valence-corrected chi connectivity index (χ0v) is 12.1. The van der Waals surface area contributed by atoms with Crippen molar-refractivity contribution in [3.05, 3.63) is 53.2 Å². The Morgan fingerprint density at radius 1 is 1.20 bits per heavy atom. The van der Waals surface area contributed by atoms with Crippen LogP contribution in [0.5, 0.6) is 0 Å². The Kier molecular flexibility index (Phi) is 2.99. The fraction of sp³-hybridized carbons (Fsp3) is 0.133. The molecule has 3 rings (SSSR count). The predicted octanol–water partition coefficient (Wildman–Crippen LogP) is 2.65. The average Bonchev–Trinajstić information content (AvgIpc) is 2.84. The summed E-state index contributed by atoms with van der Waals surface area (Å²) in [5.41, 5.74) is 10.3. The molecule has 0 aliphatic carbocycles. The smallest absolute Gasteiger partial charge is 0.182 e. The summed E-state index contributed by atoms with van der Waals surface area (Å²) in [5, 5.41) is 4.56. The predicted molar refractivity (Wildman–Crippen MR) is 83.8 cm³/mol. The molecule has 2 aromatic heterocycles. The second-order valence-corrected chi connectivity index (χ2v) is 5.18. The maximum Gasteiger partial charge on any atom is 0.182 e. The van der Waals surface area contributed by atoms with Crippen molar-refractivity contribution in [3.63, 3.8) is 0 Å². The number of hydrogen-bond donors (Lipinski definition) is 1. The van der Waals surface area contributed by atoms with E-state index in [1.807, 2.05) is 50.2 Å². The second-order valence-electron chi connectivity index (χ2n) is 4.74. The molecule has 1 aromatic carbocycles. The summed E-state index contributed by atoms with van der Waals surface area (Å²) in [7, 11) is 0. The van der Waals surface area contributed by atoms with Gasteiger partial charge in [0.15, 0.2) is 11.5 Å². The highest BCUT2D eigenvalue weighted by molar-refractivity contribution is 7.80. The van der Waals surface area contributed by atoms with Gasteiger partial charge >= 0.3 is 0 Å². The Morgan fingerprint density at radius 2 is 1.90 bits per heavy atom. The van der Waals surface area contributed by atoms with Crippen LogP contribution < -0.4 is 5.73 Å². The molecule has 0 bridgehead atoms. The molecule has 100 valence electrons. The minimum absolute atomic E-state index is 0.347. The lowest BCUT2D eigenvalue weighted by atomic mass is 10.1. The van der Waals surface area contributed by atoms with Crippen LogP contribution in [0.15, 0.2) is 36.4 Å². The van der Waals surface area contributed by atoms with Gasteiger partial charge in [-0.15, -0.1) is 5.10 Å². The van der Waals surface area contributed by atoms with Gasteiger partial charge in [-0.25, -0.2) is 9.50 Å². The molecule has 4 nitrogen and oxygen atoms in total. The van der Waals surface area contributed by atoms with Gasteiger partial charge in [-0.3, -0.25) is 0 Å². The van der Waals surface area contributed by atoms with Crippen molar-refractivity contribution in [1.29, 1.82) is 0 Å². The molecule has 0 saturated heterocycles. The number of thiocarbonyl (C=S) groups is 1. The molecule has 20 heavy (non-hydrogen) atoms. The van der Waals surface area contributed by atoms with Gasteiger partial charge in [0.1, 0.15) is 4.99 Å². The Morgan fingerprint density at radius 3 is 2.55 bits per heavy atom. The Labute approximate surface area is 122 Å². The van der Waals surface area contributed by atoms with Crippen molar-refractivity contribution < 1.29 is 0 Å². The Balaban J connectivity index is 2.33. The molecule has 0 aliphatic heterocycles. The third-order valence-corrected chi connectivity index (χ3v) is 3.47. The van der Waals surface area contributed by atoms with Crippen molar-refractivity contribution >= 4 is 22.9 Å². The summed E-state index contributed by atoms with van der Waals surface area (Å²) in [6, 6.07) is 11.9. The van der Waals surface area contributed by atoms with Crippen LogP contribution in [0, 0.1) is 13.8 Å². The highest BCUT2D eigenvalue weighted by atomic mass is 32.1. The third-order valence-electron chi connectivity index (χ3n) is 3.26. The highest BCUT2D eigenvalue weighted by Gasteiger charge is 2.15. The summed E-state index contributed by atoms with van der Waals surface area (Å²) >= 11 is 5.14. The van der Waals surface area contributed by atoms with Crippen LogP contribution in [-0.4, -0.2) is 19.6 Å². The van der Waals surface area contributed by atoms with Crippen LogP contribution in [-0.2, 0) is 0 Å². The molecule has 0 spiro atoms. The van der Waals surface area contributed by atoms with Gasteiger partial charge in [-0.05, 0) is 25.5 Å². The van der Waals surface area contributed by atoms with E-state index in [2.05, 4.69) is 10.1 Å². The molecule has 0 radical (unpaired) electrons. The van der Waals surface area contributed by atoms with E-state index in [-0.39, 0.29) is 0 Å². The van der Waals surface area contributed by atoms with Crippen LogP contribution in [0.25, 0.3) is 17.0 Å². The Hall–Kier alpha value is -2.27. The normalized spacial score (nSPS) is 10.9. The monoisotopic (exact) mass is 282 g/mol. The van der Waals surface area contributed by atoms with E-state index in [9.17, 15) is 0 Å². The molecule has 0 atom stereocenters. The third kappa shape index (κ3) is 1.96. The first-order valence-electron chi connectivity index (χ1n) is 6.30. The quantitative estimate of drug-likeness (QED) is 0.734. The van der Waals surface area contributed by atoms with Crippen LogP contribution in [0.3, 0.4) is 0 Å². The van der Waals surface area contributed by atoms with Crippen LogP contribution in [0.1, 0.15) is 16.8 Å². The lowest BCUT2D eigenvalue weighted by Gasteiger charge is -2.07. The molecular weight excluding hydrogens is 268 g/mol. The van der Waals surface area contributed by atoms with E-state index in [1.54, 1.807) is 4.52 Å². The van der Waals surface area contributed by atoms with Gasteiger partial charge in [0, 0.05) is 11.3 Å². The number of benzene rings is 1. The SMILES string of the molecule is Cc1cc(C)n2nc(-c3ccccc3)nc2c1C(N)=S. The van der Waals surface area contributed by atoms with Crippen LogP contribution in [0.4, 0.5) is 0 Å². The fourth-order valence-electron chi connectivity index (χ4n) is 2.36. The molecule has 0 aliphatic rings. The number of hydrogen-bond acceptors (Lipinski definition) is 3. The average molecular weight is 282 g/mol. The number of nitrogens with zero attached hydrogens (tertiary/aromatic N) is 3. The maximum atomic E-state index is 5.83. The van der Waals surface area contributed by atoms with E-state index in [0.29, 0.717) is 16.5 Å². The van der Waals surface area contributed by atoms with Crippen LogP contribution >= 0.6 is 12.2 Å². The van der Waals surface area contributed by atoms with Gasteiger partial charge in [-0.2, -0.15) is 0 Å². The molecular formula is C15H14N4S. The number of aromatic nitrogens is 3. The molecule has 0 unspecified atom stereocenters. The summed E-state index contributed by atoms with van der Waals surface area (Å²) in [4.78, 5) is 4.96. The highest BCUT2D eigenvalue weighted by Crippen LogP contribution is 2.21. The minimum Gasteiger partial charge on any atom is -0.389 e. The van der Waals surface area contributed by atoms with Gasteiger partial charge in [0.2, 0.25) is 0 Å². The molecule has 3 aromatic rings. The summed E-state index contributed by atoms with van der Waals surface area (Å²) in [5.74, 6) is 0.678. The molecule has 0 fully saturated rings. The van der Waals surface area contributed by atoms with E-state index in [4.69, 9.17) is 18.0 Å². The largest absolute Gasteiger partial charge is 0.389 e. The van der Waals surface area contributed by atoms with E-state index < -0.39 is 0 Å². The molecule has 0 amide bonds. The molecule has 0 saturated carbocycles. The van der Waals surface area contributed by atoms with Crippen molar-refractivity contribution in [2.24, 2.45) is 5.73 Å². The van der Waals surface area contributed by atoms with Gasteiger partial charge in [0.05, 0.1) is 5.56 Å². The van der Waals surface area contributed by atoms with Crippen molar-refractivity contribution in [2.45, 2.75) is 13.8 Å². The number of pyridine rings is 1. The number of nitrogens with two attached hydrogens (primary N) is 1. The van der Waals surface area contributed by atoms with Crippen LogP contribution in [0.2, 0.25) is 0 Å².